The van der Waals surface area contributed by atoms with Crippen LogP contribution >= 0.6 is 11.3 Å². The van der Waals surface area contributed by atoms with Crippen LogP contribution in [0.5, 0.6) is 0 Å². The van der Waals surface area contributed by atoms with E-state index < -0.39 is 97.1 Å². The molecule has 5 heterocycles. The summed E-state index contributed by atoms with van der Waals surface area (Å²) in [4.78, 5) is 54.5. The molecule has 2 saturated heterocycles. The van der Waals surface area contributed by atoms with E-state index in [1.807, 2.05) is 33.8 Å². The molecular weight excluding hydrogens is 965 g/mol. The van der Waals surface area contributed by atoms with Gasteiger partial charge in [0.15, 0.2) is 18.7 Å². The second-order valence-corrected chi connectivity index (χ2v) is 21.1. The lowest BCUT2D eigenvalue weighted by atomic mass is 9.79. The van der Waals surface area contributed by atoms with E-state index in [0.29, 0.717) is 48.5 Å². The lowest BCUT2D eigenvalue weighted by Crippen LogP contribution is -2.63. The fraction of sp³-hybridized carbons (Fsp3) is 0.679. The molecule has 2 bridgehead atoms. The Morgan fingerprint density at radius 1 is 0.973 bits per heavy atom. The van der Waals surface area contributed by atoms with Gasteiger partial charge in [0, 0.05) is 49.7 Å². The number of hydrogen-bond acceptors (Lipinski definition) is 19. The minimum atomic E-state index is -1.27. The molecule has 1 saturated carbocycles. The van der Waals surface area contributed by atoms with Crippen molar-refractivity contribution in [2.45, 2.75) is 153 Å². The predicted molar refractivity (Wildman–Crippen MR) is 272 cm³/mol. The van der Waals surface area contributed by atoms with Crippen LogP contribution in [0.3, 0.4) is 0 Å². The summed E-state index contributed by atoms with van der Waals surface area (Å²) in [7, 11) is 6.62. The lowest BCUT2D eigenvalue weighted by molar-refractivity contribution is -0.305. The van der Waals surface area contributed by atoms with Crippen LogP contribution in [-0.2, 0) is 58.9 Å². The number of likely N-dealkylation sites (N-methyl/N-ethyl adjacent to an activating group) is 1. The van der Waals surface area contributed by atoms with Crippen molar-refractivity contribution in [3.63, 3.8) is 0 Å². The Morgan fingerprint density at radius 3 is 2.47 bits per heavy atom. The van der Waals surface area contributed by atoms with Gasteiger partial charge in [-0.15, -0.1) is 11.3 Å². The van der Waals surface area contributed by atoms with E-state index in [-0.39, 0.29) is 57.1 Å². The number of anilines is 1. The van der Waals surface area contributed by atoms with E-state index in [0.717, 1.165) is 10.5 Å². The quantitative estimate of drug-likeness (QED) is 0.142. The molecule has 16 atom stereocenters. The largest absolute Gasteiger partial charge is 0.462 e. The number of esters is 1. The van der Waals surface area contributed by atoms with Crippen LogP contribution in [0, 0.1) is 23.7 Å². The fourth-order valence-corrected chi connectivity index (χ4v) is 11.0. The number of amides is 1. The van der Waals surface area contributed by atoms with Crippen LogP contribution in [-0.4, -0.2) is 177 Å². The Labute approximate surface area is 433 Å². The number of oxime groups is 1. The molecule has 73 heavy (non-hydrogen) atoms. The van der Waals surface area contributed by atoms with Gasteiger partial charge in [-0.3, -0.25) is 14.4 Å². The van der Waals surface area contributed by atoms with Crippen molar-refractivity contribution in [2.75, 3.05) is 60.1 Å². The highest BCUT2D eigenvalue weighted by molar-refractivity contribution is 7.14. The Morgan fingerprint density at radius 2 is 1.75 bits per heavy atom. The molecule has 2 aromatic rings. The summed E-state index contributed by atoms with van der Waals surface area (Å²) in [6.45, 7) is 9.65. The van der Waals surface area contributed by atoms with Gasteiger partial charge in [0.05, 0.1) is 73.8 Å². The van der Waals surface area contributed by atoms with Gasteiger partial charge in [-0.05, 0) is 96.3 Å². The molecule has 2 aromatic heterocycles. The zero-order valence-electron chi connectivity index (χ0n) is 43.7. The smallest absolute Gasteiger partial charge is 0.308 e. The number of aromatic nitrogens is 1. The number of ketones is 1. The van der Waals surface area contributed by atoms with Gasteiger partial charge < -0.3 is 68.3 Å². The molecule has 4 N–H and O–H groups in total. The maximum Gasteiger partial charge on any atom is 0.308 e. The Bertz CT molecular complexity index is 2160. The number of aliphatic hydroxyl groups is 3. The molecule has 0 spiro atoms. The number of methoxy groups -OCH3 is 2. The molecule has 0 aromatic carbocycles. The maximum atomic E-state index is 14.5. The molecule has 1 unspecified atom stereocenters. The zero-order chi connectivity index (χ0) is 52.8. The van der Waals surface area contributed by atoms with Gasteiger partial charge >= 0.3 is 5.97 Å². The topological polar surface area (TPSA) is 235 Å². The molecule has 0 radical (unpaired) electrons. The molecule has 3 aliphatic heterocycles. The van der Waals surface area contributed by atoms with E-state index in [9.17, 15) is 29.7 Å². The van der Waals surface area contributed by atoms with Gasteiger partial charge in [0.25, 0.3) is 5.91 Å². The van der Waals surface area contributed by atoms with Gasteiger partial charge in [-0.2, -0.15) is 0 Å². The molecule has 1 aliphatic carbocycles. The van der Waals surface area contributed by atoms with Gasteiger partial charge in [0.2, 0.25) is 0 Å². The van der Waals surface area contributed by atoms with E-state index in [1.165, 1.54) is 18.4 Å². The number of ether oxygens (including phenoxy) is 8. The molecule has 19 nitrogen and oxygen atoms in total. The number of carbonyl (C=O) groups is 3. The summed E-state index contributed by atoms with van der Waals surface area (Å²) in [5, 5.41) is 40.7. The Kier molecular flexibility index (Phi) is 22.5. The first-order valence-electron chi connectivity index (χ1n) is 25.5. The normalized spacial score (nSPS) is 36.2. The van der Waals surface area contributed by atoms with E-state index in [4.69, 9.17) is 42.7 Å². The number of thiophene rings is 1. The first-order valence-corrected chi connectivity index (χ1v) is 26.3. The average Bonchev–Trinajstić information content (AvgIpc) is 3.84. The van der Waals surface area contributed by atoms with Crippen LogP contribution < -0.4 is 5.32 Å². The summed E-state index contributed by atoms with van der Waals surface area (Å²) in [5.74, 6) is -2.43. The Hall–Kier alpha value is -4.03. The molecule has 3 fully saturated rings. The minimum absolute atomic E-state index is 0.0209. The molecule has 406 valence electrons. The summed E-state index contributed by atoms with van der Waals surface area (Å²) in [5.41, 5.74) is 1.17. The van der Waals surface area contributed by atoms with Gasteiger partial charge in [-0.1, -0.05) is 49.7 Å². The average molecular weight is 1040 g/mol. The number of nitrogens with zero attached hydrogens (tertiary/aromatic N) is 3. The van der Waals surface area contributed by atoms with E-state index in [2.05, 4.69) is 15.5 Å². The van der Waals surface area contributed by atoms with Crippen molar-refractivity contribution in [1.82, 2.24) is 9.88 Å². The fourth-order valence-electron chi connectivity index (χ4n) is 10.2. The SMILES string of the molecule is CC[C@H]1OC(=O)C[C@H]2OC/C(=N/OCc3ccc(C(=O)Nc4ccccn4)s3)COCCC(C[C@@H](C)C(=O)/C=C/C(C)=C/[C@@H]1CO[C@@H]1CC[C@@H](O)[C@@H](OC)[C@H]1OC)[C@H](O[C@@H]1O[C@H](C)[C@@H](O)[C@H](N(C)C)[C@H]1O)[C@H]2C. The van der Waals surface area contributed by atoms with Crippen LogP contribution in [0.4, 0.5) is 5.82 Å². The molecule has 20 heteroatoms. The molecule has 6 rings (SSSR count). The van der Waals surface area contributed by atoms with Crippen LogP contribution in [0.1, 0.15) is 87.7 Å². The standard InChI is InChI=1S/C53H78N4O15S/c1-10-40-35(26-67-41-18-17-39(59)50(64-8)51(41)65-9)23-30(2)14-16-38(58)31(3)24-34-20-22-66-27-36(56-69-29-37-15-19-43(73-37)52(63)55-44-13-11-12-21-54-44)28-68-42(25-45(60)71-40)32(4)49(34)72-53-48(62)46(57(6)7)47(61)33(5)70-53/h11-16,19,21,23,31-35,39-42,46-51,53,59,61-62H,10,17-18,20,22,24-29H2,1-9H3,(H,54,55,63)/b16-14+,30-23+,56-36+/t31-,32+,33-,34?,35-,39-,40-,41-,42-,46+,47-,48-,49-,50-,51+,53+/m1/s1. The predicted octanol–water partition coefficient (Wildman–Crippen LogP) is 5.12. The number of hydrogen-bond donors (Lipinski definition) is 4. The van der Waals surface area contributed by atoms with Crippen molar-refractivity contribution >= 4 is 40.5 Å². The second kappa shape index (κ2) is 28.2. The second-order valence-electron chi connectivity index (χ2n) is 19.9. The zero-order valence-corrected chi connectivity index (χ0v) is 44.5. The number of carbonyl (C=O) groups excluding carboxylic acids is 3. The lowest BCUT2D eigenvalue weighted by Gasteiger charge is -2.47. The number of aliphatic hydroxyl groups excluding tert-OH is 3. The third-order valence-electron chi connectivity index (χ3n) is 14.3. The third kappa shape index (κ3) is 16.0. The van der Waals surface area contributed by atoms with Crippen LogP contribution in [0.25, 0.3) is 0 Å². The van der Waals surface area contributed by atoms with Crippen molar-refractivity contribution in [2.24, 2.45) is 28.8 Å². The van der Waals surface area contributed by atoms with E-state index >= 15 is 0 Å². The number of rotatable bonds is 14. The highest BCUT2D eigenvalue weighted by Gasteiger charge is 2.48. The first-order chi connectivity index (χ1) is 35.0. The summed E-state index contributed by atoms with van der Waals surface area (Å²) in [6, 6.07) is 8.02. The number of pyridine rings is 1. The van der Waals surface area contributed by atoms with Crippen molar-refractivity contribution < 1.29 is 72.4 Å². The maximum absolute atomic E-state index is 14.5. The van der Waals surface area contributed by atoms with Crippen LogP contribution in [0.2, 0.25) is 0 Å². The number of cyclic esters (lactones) is 1. The summed E-state index contributed by atoms with van der Waals surface area (Å²) in [6.07, 6.45) is 0.124. The van der Waals surface area contributed by atoms with Crippen molar-refractivity contribution in [3.8, 4) is 0 Å². The summed E-state index contributed by atoms with van der Waals surface area (Å²) >= 11 is 1.26. The minimum Gasteiger partial charge on any atom is -0.462 e. The highest BCUT2D eigenvalue weighted by Crippen LogP contribution is 2.36. The first kappa shape index (κ1) is 58.2. The Balaban J connectivity index is 1.30. The monoisotopic (exact) mass is 1040 g/mol. The van der Waals surface area contributed by atoms with Crippen LogP contribution in [0.15, 0.2) is 65.5 Å². The highest BCUT2D eigenvalue weighted by atomic mass is 32.1. The van der Waals surface area contributed by atoms with Gasteiger partial charge in [0.1, 0.15) is 35.9 Å². The van der Waals surface area contributed by atoms with Crippen molar-refractivity contribution in [1.29, 1.82) is 0 Å². The third-order valence-corrected chi connectivity index (χ3v) is 15.4. The molecular formula is C53H78N4O15S. The number of allylic oxidation sites excluding steroid dienone is 3. The summed E-state index contributed by atoms with van der Waals surface area (Å²) < 4.78 is 50.4. The molecule has 1 amide bonds. The number of fused-ring (bicyclic) bond motifs is 3. The van der Waals surface area contributed by atoms with Crippen molar-refractivity contribution in [3.05, 3.63) is 70.1 Å². The van der Waals surface area contributed by atoms with Gasteiger partial charge in [-0.25, -0.2) is 4.98 Å². The molecule has 4 aliphatic rings. The number of nitrogens with one attached hydrogen (secondary N) is 1. The van der Waals surface area contributed by atoms with E-state index in [1.54, 1.807) is 81.7 Å².